The number of nitrogens with one attached hydrogen (secondary N) is 4. The lowest BCUT2D eigenvalue weighted by atomic mass is 10.1. The normalized spacial score (nSPS) is 14.8. The maximum atomic E-state index is 5.40. The molecule has 2 aliphatic heterocycles. The van der Waals surface area contributed by atoms with E-state index in [0.717, 1.165) is 128 Å². The van der Waals surface area contributed by atoms with Crippen LogP contribution in [-0.4, -0.2) is 118 Å². The van der Waals surface area contributed by atoms with Gasteiger partial charge in [-0.2, -0.15) is 9.97 Å². The number of aryl methyl sites for hydroxylation is 2. The highest BCUT2D eigenvalue weighted by molar-refractivity contribution is 6.10. The van der Waals surface area contributed by atoms with Gasteiger partial charge in [0.2, 0.25) is 11.9 Å². The zero-order valence-corrected chi connectivity index (χ0v) is 37.1. The van der Waals surface area contributed by atoms with E-state index in [1.54, 1.807) is 12.4 Å². The highest BCUT2D eigenvalue weighted by atomic mass is 16.5. The number of ether oxygens (including phenoxy) is 2. The molecule has 4 N–H and O–H groups in total. The molecule has 332 valence electrons. The third kappa shape index (κ3) is 10.2. The van der Waals surface area contributed by atoms with Gasteiger partial charge in [0.1, 0.15) is 11.6 Å². The Morgan fingerprint density at radius 3 is 1.36 bits per heavy atom. The quantitative estimate of drug-likeness (QED) is 0.0692. The monoisotopic (exact) mass is 860 g/mol. The lowest BCUT2D eigenvalue weighted by Gasteiger charge is -2.26. The summed E-state index contributed by atoms with van der Waals surface area (Å²) in [6.45, 7) is 17.6. The van der Waals surface area contributed by atoms with Gasteiger partial charge in [-0.3, -0.25) is 9.80 Å². The maximum absolute atomic E-state index is 5.40. The minimum Gasteiger partial charge on any atom is -0.379 e. The Balaban J connectivity index is 0.000000162. The average molecular weight is 861 g/mol. The molecule has 0 bridgehead atoms. The van der Waals surface area contributed by atoms with Crippen LogP contribution in [0.3, 0.4) is 0 Å². The zero-order chi connectivity index (χ0) is 43.5. The number of fused-ring (bicyclic) bond motifs is 6. The molecule has 14 nitrogen and oxygen atoms in total. The van der Waals surface area contributed by atoms with E-state index in [1.165, 1.54) is 43.6 Å². The van der Waals surface area contributed by atoms with Gasteiger partial charge in [-0.1, -0.05) is 36.4 Å². The predicted octanol–water partition coefficient (Wildman–Crippen LogP) is 8.96. The summed E-state index contributed by atoms with van der Waals surface area (Å²) in [7, 11) is 0. The van der Waals surface area contributed by atoms with Crippen LogP contribution >= 0.6 is 0 Å². The summed E-state index contributed by atoms with van der Waals surface area (Å²) in [6, 6.07) is 34.0. The Hall–Kier alpha value is -6.32. The van der Waals surface area contributed by atoms with E-state index in [1.807, 2.05) is 12.1 Å². The summed E-state index contributed by atoms with van der Waals surface area (Å²) in [6.07, 6.45) is 5.70. The number of nitrogens with zero attached hydrogens (tertiary/aromatic N) is 8. The summed E-state index contributed by atoms with van der Waals surface area (Å²) in [5, 5.41) is 18.7. The largest absolute Gasteiger partial charge is 0.379 e. The second-order valence-corrected chi connectivity index (χ2v) is 16.2. The lowest BCUT2D eigenvalue weighted by Crippen LogP contribution is -2.37. The molecule has 2 fully saturated rings. The van der Waals surface area contributed by atoms with Gasteiger partial charge in [-0.25, -0.2) is 9.97 Å². The number of hydrogen-bond donors (Lipinski definition) is 4. The molecule has 0 atom stereocenters. The van der Waals surface area contributed by atoms with Crippen LogP contribution < -0.4 is 21.3 Å². The third-order valence-corrected chi connectivity index (χ3v) is 12.1. The number of benzene rings is 4. The number of morpholine rings is 2. The number of anilines is 6. The summed E-state index contributed by atoms with van der Waals surface area (Å²) in [5.41, 5.74) is 7.09. The Labute approximate surface area is 375 Å². The number of para-hydroxylation sites is 2. The lowest BCUT2D eigenvalue weighted by molar-refractivity contribution is 0.0378. The predicted molar refractivity (Wildman–Crippen MR) is 262 cm³/mol. The molecule has 14 heteroatoms. The molecule has 2 aliphatic rings. The number of rotatable bonds is 16. The fourth-order valence-corrected chi connectivity index (χ4v) is 8.92. The van der Waals surface area contributed by atoms with Gasteiger partial charge < -0.3 is 39.9 Å². The van der Waals surface area contributed by atoms with Crippen molar-refractivity contribution in [1.29, 1.82) is 0 Å². The van der Waals surface area contributed by atoms with Gasteiger partial charge in [0.25, 0.3) is 0 Å². The first-order chi connectivity index (χ1) is 31.6. The summed E-state index contributed by atoms with van der Waals surface area (Å²) in [5.74, 6) is 2.88. The van der Waals surface area contributed by atoms with Crippen molar-refractivity contribution in [3.8, 4) is 0 Å². The van der Waals surface area contributed by atoms with Crippen LogP contribution in [0.25, 0.3) is 43.6 Å². The van der Waals surface area contributed by atoms with Crippen molar-refractivity contribution < 1.29 is 9.47 Å². The first-order valence-electron chi connectivity index (χ1n) is 22.9. The van der Waals surface area contributed by atoms with Crippen LogP contribution in [0.15, 0.2) is 109 Å². The standard InChI is InChI=1S/2C25H30N6O/c2*1-2-31-22-7-4-3-6-20(22)21-18-19(8-9-23(21)31)28-24-10-12-27-25(29-24)26-11-5-13-30-14-16-32-17-15-30/h2*3-4,6-10,12,18H,2,5,11,13-17H2,1H3,(H2,26,27,28,29). The highest BCUT2D eigenvalue weighted by Crippen LogP contribution is 2.33. The minimum absolute atomic E-state index is 0.653. The summed E-state index contributed by atoms with van der Waals surface area (Å²) < 4.78 is 15.5. The van der Waals surface area contributed by atoms with Crippen molar-refractivity contribution in [3.63, 3.8) is 0 Å². The Morgan fingerprint density at radius 2 is 0.922 bits per heavy atom. The van der Waals surface area contributed by atoms with Gasteiger partial charge in [0.05, 0.1) is 26.4 Å². The first kappa shape index (κ1) is 43.0. The summed E-state index contributed by atoms with van der Waals surface area (Å²) in [4.78, 5) is 22.9. The molecule has 6 heterocycles. The van der Waals surface area contributed by atoms with E-state index in [-0.39, 0.29) is 0 Å². The minimum atomic E-state index is 0.653. The van der Waals surface area contributed by atoms with Gasteiger partial charge in [-0.05, 0) is 100 Å². The highest BCUT2D eigenvalue weighted by Gasteiger charge is 2.14. The Morgan fingerprint density at radius 1 is 0.500 bits per heavy atom. The molecule has 0 aliphatic carbocycles. The van der Waals surface area contributed by atoms with Crippen molar-refractivity contribution in [2.75, 3.05) is 100 Å². The second-order valence-electron chi connectivity index (χ2n) is 16.2. The van der Waals surface area contributed by atoms with E-state index < -0.39 is 0 Å². The molecule has 0 amide bonds. The fraction of sp³-hybridized carbons (Fsp3) is 0.360. The van der Waals surface area contributed by atoms with E-state index in [2.05, 4.69) is 159 Å². The molecule has 0 spiro atoms. The molecule has 8 aromatic rings. The second kappa shape index (κ2) is 20.9. The van der Waals surface area contributed by atoms with Crippen LogP contribution in [0.5, 0.6) is 0 Å². The van der Waals surface area contributed by atoms with Crippen molar-refractivity contribution >= 4 is 78.5 Å². The van der Waals surface area contributed by atoms with Crippen LogP contribution in [0, 0.1) is 0 Å². The molecule has 0 radical (unpaired) electrons. The van der Waals surface area contributed by atoms with Crippen LogP contribution in [0.1, 0.15) is 26.7 Å². The topological polar surface area (TPSA) is 134 Å². The summed E-state index contributed by atoms with van der Waals surface area (Å²) >= 11 is 0. The van der Waals surface area contributed by atoms with Gasteiger partial charge in [-0.15, -0.1) is 0 Å². The number of hydrogen-bond acceptors (Lipinski definition) is 12. The molecule has 0 saturated carbocycles. The maximum Gasteiger partial charge on any atom is 0.224 e. The van der Waals surface area contributed by atoms with Crippen LogP contribution in [0.2, 0.25) is 0 Å². The molecule has 10 rings (SSSR count). The Kier molecular flexibility index (Phi) is 14.0. The Bertz CT molecular complexity index is 2580. The first-order valence-corrected chi connectivity index (χ1v) is 22.9. The van der Waals surface area contributed by atoms with Crippen molar-refractivity contribution in [3.05, 3.63) is 109 Å². The van der Waals surface area contributed by atoms with E-state index in [9.17, 15) is 0 Å². The van der Waals surface area contributed by atoms with Crippen LogP contribution in [-0.2, 0) is 22.6 Å². The van der Waals surface area contributed by atoms with E-state index in [0.29, 0.717) is 11.9 Å². The van der Waals surface area contributed by atoms with Crippen molar-refractivity contribution in [2.24, 2.45) is 0 Å². The molecule has 4 aromatic carbocycles. The molecular weight excluding hydrogens is 801 g/mol. The van der Waals surface area contributed by atoms with E-state index in [4.69, 9.17) is 9.47 Å². The van der Waals surface area contributed by atoms with Crippen molar-refractivity contribution in [1.82, 2.24) is 38.9 Å². The SMILES string of the molecule is CCn1c2ccccc2c2cc(Nc3ccnc(NCCCN4CCOCC4)n3)ccc21.CCn1c2ccccc2c2cc(Nc3ccnc(NCCCN4CCOCC4)n3)ccc21. The molecule has 4 aromatic heterocycles. The smallest absolute Gasteiger partial charge is 0.224 e. The number of aromatic nitrogens is 6. The van der Waals surface area contributed by atoms with Gasteiger partial charge in [0.15, 0.2) is 0 Å². The van der Waals surface area contributed by atoms with Gasteiger partial charge >= 0.3 is 0 Å². The van der Waals surface area contributed by atoms with Crippen molar-refractivity contribution in [2.45, 2.75) is 39.8 Å². The fourth-order valence-electron chi connectivity index (χ4n) is 8.92. The van der Waals surface area contributed by atoms with E-state index >= 15 is 0 Å². The average Bonchev–Trinajstić information content (AvgIpc) is 3.84. The zero-order valence-electron chi connectivity index (χ0n) is 37.1. The van der Waals surface area contributed by atoms with Crippen LogP contribution in [0.4, 0.5) is 34.9 Å². The molecular formula is C50H60N12O2. The molecule has 64 heavy (non-hydrogen) atoms. The molecule has 2 saturated heterocycles. The molecule has 0 unspecified atom stereocenters. The van der Waals surface area contributed by atoms with Gasteiger partial charge in [0, 0.05) is 120 Å². The third-order valence-electron chi connectivity index (χ3n) is 12.1.